The van der Waals surface area contributed by atoms with Crippen LogP contribution in [0.1, 0.15) is 21.5 Å². The van der Waals surface area contributed by atoms with Crippen molar-refractivity contribution in [3.05, 3.63) is 119 Å². The van der Waals surface area contributed by atoms with Crippen LogP contribution < -0.4 is 15.5 Å². The average molecular weight is 500 g/mol. The van der Waals surface area contributed by atoms with E-state index in [1.807, 2.05) is 84.9 Å². The number of amides is 3. The van der Waals surface area contributed by atoms with Crippen molar-refractivity contribution in [1.29, 1.82) is 0 Å². The molecule has 0 fully saturated rings. The van der Waals surface area contributed by atoms with Gasteiger partial charge in [-0.1, -0.05) is 78.0 Å². The fourth-order valence-electron chi connectivity index (χ4n) is 3.88. The zero-order chi connectivity index (χ0) is 24.2. The number of halogens is 1. The molecule has 7 heteroatoms. The standard InChI is InChI=1S/C28H22ClN3O2S/c29-21-12-10-19(11-13-21)17-30-28(34)31-22-14-15-26-24(16-22)32(18-20-6-2-1-3-7-20)27(33)23-8-4-5-9-25(23)35-26/h1-16H,17-18H2,(H2,30,31,34). The lowest BCUT2D eigenvalue weighted by molar-refractivity contribution is 0.0982. The first kappa shape index (κ1) is 23.0. The molecule has 5 nitrogen and oxygen atoms in total. The van der Waals surface area contributed by atoms with Gasteiger partial charge in [-0.2, -0.15) is 0 Å². The molecule has 1 aliphatic heterocycles. The Morgan fingerprint density at radius 1 is 0.829 bits per heavy atom. The Bertz CT molecular complexity index is 1380. The van der Waals surface area contributed by atoms with Gasteiger partial charge < -0.3 is 15.5 Å². The number of nitrogens with one attached hydrogen (secondary N) is 2. The summed E-state index contributed by atoms with van der Waals surface area (Å²) in [5.74, 6) is -0.0694. The van der Waals surface area contributed by atoms with Gasteiger partial charge in [0.15, 0.2) is 0 Å². The number of carbonyl (C=O) groups excluding carboxylic acids is 2. The molecular weight excluding hydrogens is 478 g/mol. The number of urea groups is 1. The summed E-state index contributed by atoms with van der Waals surface area (Å²) in [5, 5.41) is 6.40. The molecule has 3 amide bonds. The Morgan fingerprint density at radius 2 is 1.57 bits per heavy atom. The molecule has 0 aliphatic carbocycles. The van der Waals surface area contributed by atoms with Crippen LogP contribution in [0.25, 0.3) is 0 Å². The summed E-state index contributed by atoms with van der Waals surface area (Å²) in [4.78, 5) is 29.8. The Balaban J connectivity index is 1.41. The lowest BCUT2D eigenvalue weighted by Crippen LogP contribution is -2.31. The number of carbonyl (C=O) groups is 2. The van der Waals surface area contributed by atoms with Crippen LogP contribution in [-0.4, -0.2) is 11.9 Å². The van der Waals surface area contributed by atoms with Gasteiger partial charge >= 0.3 is 6.03 Å². The van der Waals surface area contributed by atoms with E-state index in [-0.39, 0.29) is 11.9 Å². The van der Waals surface area contributed by atoms with Gasteiger partial charge in [-0.15, -0.1) is 0 Å². The zero-order valence-electron chi connectivity index (χ0n) is 18.7. The second-order valence-corrected chi connectivity index (χ2v) is 9.61. The number of fused-ring (bicyclic) bond motifs is 2. The first-order valence-corrected chi connectivity index (χ1v) is 12.3. The Kier molecular flexibility index (Phi) is 6.75. The van der Waals surface area contributed by atoms with Gasteiger partial charge in [-0.05, 0) is 53.6 Å². The average Bonchev–Trinajstić information content (AvgIpc) is 2.99. The van der Waals surface area contributed by atoms with Crippen LogP contribution >= 0.6 is 23.4 Å². The van der Waals surface area contributed by atoms with E-state index >= 15 is 0 Å². The Morgan fingerprint density at radius 3 is 2.37 bits per heavy atom. The van der Waals surface area contributed by atoms with E-state index in [0.717, 1.165) is 26.6 Å². The maximum atomic E-state index is 13.6. The van der Waals surface area contributed by atoms with Gasteiger partial charge in [0.25, 0.3) is 5.91 Å². The lowest BCUT2D eigenvalue weighted by Gasteiger charge is -2.24. The van der Waals surface area contributed by atoms with Crippen molar-refractivity contribution in [1.82, 2.24) is 5.32 Å². The van der Waals surface area contributed by atoms with E-state index in [9.17, 15) is 9.59 Å². The second kappa shape index (κ2) is 10.3. The van der Waals surface area contributed by atoms with Crippen molar-refractivity contribution in [3.8, 4) is 0 Å². The summed E-state index contributed by atoms with van der Waals surface area (Å²) in [6.07, 6.45) is 0. The fourth-order valence-corrected chi connectivity index (χ4v) is 5.07. The van der Waals surface area contributed by atoms with Crippen molar-refractivity contribution >= 4 is 46.7 Å². The van der Waals surface area contributed by atoms with Crippen molar-refractivity contribution in [2.75, 3.05) is 10.2 Å². The molecule has 174 valence electrons. The summed E-state index contributed by atoms with van der Waals surface area (Å²) in [6, 6.07) is 30.2. The summed E-state index contributed by atoms with van der Waals surface area (Å²) in [7, 11) is 0. The molecule has 0 radical (unpaired) electrons. The van der Waals surface area contributed by atoms with E-state index in [1.54, 1.807) is 28.8 Å². The van der Waals surface area contributed by atoms with Crippen LogP contribution in [0.15, 0.2) is 107 Å². The molecule has 4 aromatic rings. The van der Waals surface area contributed by atoms with Crippen molar-refractivity contribution < 1.29 is 9.59 Å². The van der Waals surface area contributed by atoms with E-state index in [0.29, 0.717) is 29.4 Å². The van der Waals surface area contributed by atoms with Crippen molar-refractivity contribution in [2.45, 2.75) is 22.9 Å². The Hall–Kier alpha value is -3.74. The number of nitrogens with zero attached hydrogens (tertiary/aromatic N) is 1. The quantitative estimate of drug-likeness (QED) is 0.311. The van der Waals surface area contributed by atoms with Crippen LogP contribution in [0, 0.1) is 0 Å². The van der Waals surface area contributed by atoms with E-state index < -0.39 is 0 Å². The second-order valence-electron chi connectivity index (χ2n) is 8.09. The molecule has 0 aromatic heterocycles. The third-order valence-electron chi connectivity index (χ3n) is 5.64. The smallest absolute Gasteiger partial charge is 0.319 e. The summed E-state index contributed by atoms with van der Waals surface area (Å²) in [5.41, 5.74) is 4.00. The highest BCUT2D eigenvalue weighted by molar-refractivity contribution is 7.99. The molecule has 0 unspecified atom stereocenters. The number of rotatable bonds is 5. The molecule has 0 spiro atoms. The van der Waals surface area contributed by atoms with Crippen LogP contribution in [0.2, 0.25) is 5.02 Å². The number of hydrogen-bond donors (Lipinski definition) is 2. The maximum absolute atomic E-state index is 13.6. The molecule has 35 heavy (non-hydrogen) atoms. The van der Waals surface area contributed by atoms with Gasteiger partial charge in [0.2, 0.25) is 0 Å². The molecule has 1 aliphatic rings. The SMILES string of the molecule is O=C(NCc1ccc(Cl)cc1)Nc1ccc2c(c1)N(Cc1ccccc1)C(=O)c1ccccc1S2. The van der Waals surface area contributed by atoms with Gasteiger partial charge in [0.05, 0.1) is 17.8 Å². The predicted octanol–water partition coefficient (Wildman–Crippen LogP) is 6.97. The number of hydrogen-bond acceptors (Lipinski definition) is 3. The molecule has 0 bridgehead atoms. The lowest BCUT2D eigenvalue weighted by atomic mass is 10.1. The van der Waals surface area contributed by atoms with Gasteiger partial charge in [0, 0.05) is 27.0 Å². The van der Waals surface area contributed by atoms with Gasteiger partial charge in [-0.3, -0.25) is 4.79 Å². The molecule has 5 rings (SSSR count). The third-order valence-corrected chi connectivity index (χ3v) is 7.03. The highest BCUT2D eigenvalue weighted by Gasteiger charge is 2.27. The van der Waals surface area contributed by atoms with E-state index in [4.69, 9.17) is 11.6 Å². The number of benzene rings is 4. The van der Waals surface area contributed by atoms with Crippen LogP contribution in [-0.2, 0) is 13.1 Å². The van der Waals surface area contributed by atoms with Gasteiger partial charge in [-0.25, -0.2) is 4.79 Å². The number of anilines is 2. The first-order chi connectivity index (χ1) is 17.1. The van der Waals surface area contributed by atoms with Gasteiger partial charge in [0.1, 0.15) is 0 Å². The first-order valence-electron chi connectivity index (χ1n) is 11.1. The summed E-state index contributed by atoms with van der Waals surface area (Å²) < 4.78 is 0. The minimum atomic E-state index is -0.328. The zero-order valence-corrected chi connectivity index (χ0v) is 20.3. The normalized spacial score (nSPS) is 12.4. The molecule has 0 saturated heterocycles. The topological polar surface area (TPSA) is 61.4 Å². The maximum Gasteiger partial charge on any atom is 0.319 e. The molecule has 1 heterocycles. The molecule has 4 aromatic carbocycles. The third kappa shape index (κ3) is 5.34. The molecule has 0 saturated carbocycles. The summed E-state index contributed by atoms with van der Waals surface area (Å²) >= 11 is 7.48. The highest BCUT2D eigenvalue weighted by Crippen LogP contribution is 2.43. The van der Waals surface area contributed by atoms with Crippen molar-refractivity contribution in [3.63, 3.8) is 0 Å². The van der Waals surface area contributed by atoms with Crippen LogP contribution in [0.3, 0.4) is 0 Å². The molecule has 2 N–H and O–H groups in total. The Labute approximate surface area is 213 Å². The highest BCUT2D eigenvalue weighted by atomic mass is 35.5. The van der Waals surface area contributed by atoms with Crippen LogP contribution in [0.4, 0.5) is 16.2 Å². The minimum absolute atomic E-state index is 0.0694. The molecular formula is C28H22ClN3O2S. The monoisotopic (exact) mass is 499 g/mol. The van der Waals surface area contributed by atoms with E-state index in [2.05, 4.69) is 10.6 Å². The largest absolute Gasteiger partial charge is 0.334 e. The van der Waals surface area contributed by atoms with Crippen molar-refractivity contribution in [2.24, 2.45) is 0 Å². The summed E-state index contributed by atoms with van der Waals surface area (Å²) in [6.45, 7) is 0.797. The van der Waals surface area contributed by atoms with Crippen LogP contribution in [0.5, 0.6) is 0 Å². The van der Waals surface area contributed by atoms with E-state index in [1.165, 1.54) is 0 Å². The fraction of sp³-hybridized carbons (Fsp3) is 0.0714. The predicted molar refractivity (Wildman–Crippen MR) is 141 cm³/mol. The molecule has 0 atom stereocenters. The minimum Gasteiger partial charge on any atom is -0.334 e.